The van der Waals surface area contributed by atoms with E-state index < -0.39 is 24.9 Å². The molecule has 126 valence electrons. The van der Waals surface area contributed by atoms with Crippen LogP contribution in [0.25, 0.3) is 0 Å². The zero-order valence-electron chi connectivity index (χ0n) is 12.6. The van der Waals surface area contributed by atoms with Gasteiger partial charge in [-0.2, -0.15) is 13.2 Å². The molecule has 0 atom stereocenters. The molecule has 0 aromatic carbocycles. The summed E-state index contributed by atoms with van der Waals surface area (Å²) in [5, 5.41) is 0. The molecule has 0 fully saturated rings. The van der Waals surface area contributed by atoms with Gasteiger partial charge in [-0.3, -0.25) is 14.8 Å². The molecule has 9 heteroatoms. The van der Waals surface area contributed by atoms with Crippen molar-refractivity contribution in [2.24, 2.45) is 10.7 Å². The lowest BCUT2D eigenvalue weighted by Gasteiger charge is -2.19. The second-order valence-corrected chi connectivity index (χ2v) is 5.67. The third-order valence-electron chi connectivity index (χ3n) is 2.79. The molecule has 1 aromatic heterocycles. The summed E-state index contributed by atoms with van der Waals surface area (Å²) in [5.41, 5.74) is 6.70. The molecule has 2 N–H and O–H groups in total. The van der Waals surface area contributed by atoms with E-state index in [0.29, 0.717) is 5.69 Å². The molecule has 1 amide bonds. The van der Waals surface area contributed by atoms with Crippen LogP contribution in [0.1, 0.15) is 19.8 Å². The van der Waals surface area contributed by atoms with E-state index in [9.17, 15) is 18.0 Å². The summed E-state index contributed by atoms with van der Waals surface area (Å²) >= 11 is 3.25. The van der Waals surface area contributed by atoms with Gasteiger partial charge in [0.2, 0.25) is 5.91 Å². The van der Waals surface area contributed by atoms with Crippen molar-refractivity contribution >= 4 is 33.7 Å². The number of aromatic nitrogens is 1. The Balaban J connectivity index is 2.87. The van der Waals surface area contributed by atoms with Crippen molar-refractivity contribution in [3.05, 3.63) is 34.3 Å². The Morgan fingerprint density at radius 3 is 2.65 bits per heavy atom. The average molecular weight is 393 g/mol. The molecule has 0 unspecified atom stereocenters. The molecule has 0 aliphatic carbocycles. The number of carbonyl (C=O) groups excluding carboxylic acids is 1. The van der Waals surface area contributed by atoms with Gasteiger partial charge in [0, 0.05) is 29.8 Å². The number of carbonyl (C=O) groups is 1. The standard InChI is InChI=1S/C14H16BrF3N4O/c1-9(19)12(8-21-11-5-10(15)6-20-7-11)22(2)13(23)3-4-14(16,17)18/h5-8H,3-4,19H2,1-2H3/b12-9+,21-8?. The van der Waals surface area contributed by atoms with E-state index in [1.54, 1.807) is 12.3 Å². The van der Waals surface area contributed by atoms with Crippen LogP contribution in [0.3, 0.4) is 0 Å². The van der Waals surface area contributed by atoms with E-state index in [4.69, 9.17) is 5.73 Å². The predicted molar refractivity (Wildman–Crippen MR) is 85.0 cm³/mol. The Hall–Kier alpha value is -1.90. The normalized spacial score (nSPS) is 13.1. The number of pyridine rings is 1. The minimum atomic E-state index is -4.38. The van der Waals surface area contributed by atoms with E-state index in [-0.39, 0.29) is 11.4 Å². The summed E-state index contributed by atoms with van der Waals surface area (Å²) in [4.78, 5) is 21.0. The maximum atomic E-state index is 12.2. The number of nitrogens with zero attached hydrogens (tertiary/aromatic N) is 3. The van der Waals surface area contributed by atoms with E-state index in [1.807, 2.05) is 0 Å². The number of rotatable bonds is 5. The third-order valence-corrected chi connectivity index (χ3v) is 3.22. The Morgan fingerprint density at radius 2 is 2.13 bits per heavy atom. The molecule has 0 aliphatic heterocycles. The third kappa shape index (κ3) is 6.81. The maximum Gasteiger partial charge on any atom is 0.389 e. The fraction of sp³-hybridized carbons (Fsp3) is 0.357. The lowest BCUT2D eigenvalue weighted by molar-refractivity contribution is -0.147. The zero-order chi connectivity index (χ0) is 17.6. The highest BCUT2D eigenvalue weighted by Crippen LogP contribution is 2.22. The summed E-state index contributed by atoms with van der Waals surface area (Å²) in [5.74, 6) is -0.694. The smallest absolute Gasteiger partial charge is 0.389 e. The molecular weight excluding hydrogens is 377 g/mol. The van der Waals surface area contributed by atoms with Crippen LogP contribution in [0.5, 0.6) is 0 Å². The molecule has 0 saturated carbocycles. The van der Waals surface area contributed by atoms with Crippen molar-refractivity contribution in [3.8, 4) is 0 Å². The molecule has 0 radical (unpaired) electrons. The van der Waals surface area contributed by atoms with E-state index in [2.05, 4.69) is 25.9 Å². The van der Waals surface area contributed by atoms with Crippen LogP contribution < -0.4 is 5.73 Å². The van der Waals surface area contributed by atoms with Crippen molar-refractivity contribution in [1.29, 1.82) is 0 Å². The summed E-state index contributed by atoms with van der Waals surface area (Å²) in [6.45, 7) is 1.54. The second-order valence-electron chi connectivity index (χ2n) is 4.76. The average Bonchev–Trinajstić information content (AvgIpc) is 2.43. The van der Waals surface area contributed by atoms with Crippen molar-refractivity contribution in [2.45, 2.75) is 25.9 Å². The Morgan fingerprint density at radius 1 is 1.48 bits per heavy atom. The zero-order valence-corrected chi connectivity index (χ0v) is 14.1. The van der Waals surface area contributed by atoms with Crippen LogP contribution in [0.2, 0.25) is 0 Å². The van der Waals surface area contributed by atoms with Gasteiger partial charge < -0.3 is 10.6 Å². The van der Waals surface area contributed by atoms with Gasteiger partial charge >= 0.3 is 6.18 Å². The molecule has 1 rings (SSSR count). The first kappa shape index (κ1) is 19.1. The van der Waals surface area contributed by atoms with Gasteiger partial charge in [-0.1, -0.05) is 0 Å². The van der Waals surface area contributed by atoms with Crippen molar-refractivity contribution in [2.75, 3.05) is 7.05 Å². The summed E-state index contributed by atoms with van der Waals surface area (Å²) in [6.07, 6.45) is -1.81. The fourth-order valence-electron chi connectivity index (χ4n) is 1.61. The van der Waals surface area contributed by atoms with Crippen LogP contribution in [0, 0.1) is 0 Å². The topological polar surface area (TPSA) is 71.6 Å². The van der Waals surface area contributed by atoms with Gasteiger partial charge in [-0.25, -0.2) is 0 Å². The maximum absolute atomic E-state index is 12.2. The number of nitrogens with two attached hydrogens (primary N) is 1. The molecule has 1 heterocycles. The van der Waals surface area contributed by atoms with Crippen molar-refractivity contribution in [3.63, 3.8) is 0 Å². The summed E-state index contributed by atoms with van der Waals surface area (Å²) in [6, 6.07) is 1.69. The number of amides is 1. The lowest BCUT2D eigenvalue weighted by Crippen LogP contribution is -2.29. The Labute approximate surface area is 140 Å². The minimum absolute atomic E-state index is 0.233. The monoisotopic (exact) mass is 392 g/mol. The van der Waals surface area contributed by atoms with E-state index in [0.717, 1.165) is 9.37 Å². The van der Waals surface area contributed by atoms with Gasteiger partial charge in [-0.05, 0) is 28.9 Å². The number of alkyl halides is 3. The molecular formula is C14H16BrF3N4O. The molecule has 5 nitrogen and oxygen atoms in total. The number of allylic oxidation sites excluding steroid dienone is 2. The van der Waals surface area contributed by atoms with Crippen molar-refractivity contribution < 1.29 is 18.0 Å². The van der Waals surface area contributed by atoms with Gasteiger partial charge in [0.15, 0.2) is 0 Å². The Bertz CT molecular complexity index is 625. The molecule has 1 aromatic rings. The first-order valence-electron chi connectivity index (χ1n) is 6.54. The highest BCUT2D eigenvalue weighted by atomic mass is 79.9. The number of aliphatic imine (C=N–C) groups is 1. The van der Waals surface area contributed by atoms with Crippen LogP contribution in [0.4, 0.5) is 18.9 Å². The number of hydrogen-bond acceptors (Lipinski definition) is 4. The van der Waals surface area contributed by atoms with Gasteiger partial charge in [0.25, 0.3) is 0 Å². The fourth-order valence-corrected chi connectivity index (χ4v) is 1.96. The van der Waals surface area contributed by atoms with E-state index in [1.165, 1.54) is 26.4 Å². The van der Waals surface area contributed by atoms with Gasteiger partial charge in [0.1, 0.15) is 0 Å². The molecule has 0 bridgehead atoms. The van der Waals surface area contributed by atoms with Crippen LogP contribution >= 0.6 is 15.9 Å². The number of halogens is 4. The highest BCUT2D eigenvalue weighted by molar-refractivity contribution is 9.10. The predicted octanol–water partition coefficient (Wildman–Crippen LogP) is 3.54. The quantitative estimate of drug-likeness (QED) is 0.778. The lowest BCUT2D eigenvalue weighted by atomic mass is 10.2. The van der Waals surface area contributed by atoms with Gasteiger partial charge in [-0.15, -0.1) is 0 Å². The molecule has 0 spiro atoms. The highest BCUT2D eigenvalue weighted by Gasteiger charge is 2.29. The molecule has 23 heavy (non-hydrogen) atoms. The first-order chi connectivity index (χ1) is 10.6. The van der Waals surface area contributed by atoms with E-state index >= 15 is 0 Å². The SMILES string of the molecule is C/C(N)=C(/C=Nc1cncc(Br)c1)N(C)C(=O)CCC(F)(F)F. The molecule has 0 aliphatic rings. The second kappa shape index (κ2) is 8.09. The summed E-state index contributed by atoms with van der Waals surface area (Å²) in [7, 11) is 1.36. The van der Waals surface area contributed by atoms with Crippen LogP contribution in [-0.2, 0) is 4.79 Å². The summed E-state index contributed by atoms with van der Waals surface area (Å²) < 4.78 is 37.3. The minimum Gasteiger partial charge on any atom is -0.401 e. The largest absolute Gasteiger partial charge is 0.401 e. The number of hydrogen-bond donors (Lipinski definition) is 1. The Kier molecular flexibility index (Phi) is 6.74. The van der Waals surface area contributed by atoms with Gasteiger partial charge in [0.05, 0.1) is 30.2 Å². The van der Waals surface area contributed by atoms with Crippen molar-refractivity contribution in [1.82, 2.24) is 9.88 Å². The molecule has 0 saturated heterocycles. The van der Waals surface area contributed by atoms with Crippen LogP contribution in [0.15, 0.2) is 39.3 Å². The first-order valence-corrected chi connectivity index (χ1v) is 7.33. The van der Waals surface area contributed by atoms with Crippen LogP contribution in [-0.4, -0.2) is 35.2 Å².